The number of hydrogen-bond acceptors (Lipinski definition) is 4. The molecule has 0 fully saturated rings. The number of imide groups is 1. The first-order chi connectivity index (χ1) is 15.7. The van der Waals surface area contributed by atoms with E-state index in [1.165, 1.54) is 6.92 Å². The lowest BCUT2D eigenvalue weighted by molar-refractivity contribution is 0.222. The second-order valence-corrected chi connectivity index (χ2v) is 9.41. The third-order valence-electron chi connectivity index (χ3n) is 4.85. The molecular weight excluding hydrogens is 462 g/mol. The molecule has 0 aliphatic carbocycles. The molecule has 4 amide bonds. The lowest BCUT2D eigenvalue weighted by Crippen LogP contribution is -2.46. The van der Waals surface area contributed by atoms with Crippen molar-refractivity contribution in [3.05, 3.63) is 100 Å². The van der Waals surface area contributed by atoms with Crippen LogP contribution in [0.2, 0.25) is 5.02 Å². The highest BCUT2D eigenvalue weighted by Gasteiger charge is 2.36. The lowest BCUT2D eigenvalue weighted by atomic mass is 10.1. The highest BCUT2D eigenvalue weighted by molar-refractivity contribution is 7.94. The second-order valence-electron chi connectivity index (χ2n) is 7.05. The van der Waals surface area contributed by atoms with Crippen LogP contribution < -0.4 is 10.6 Å². The number of nitrogens with one attached hydrogen (secondary N) is 2. The van der Waals surface area contributed by atoms with Crippen LogP contribution in [-0.4, -0.2) is 24.8 Å². The van der Waals surface area contributed by atoms with Crippen LogP contribution in [-0.2, 0) is 10.0 Å². The van der Waals surface area contributed by atoms with Gasteiger partial charge in [-0.2, -0.15) is 0 Å². The van der Waals surface area contributed by atoms with Gasteiger partial charge in [-0.05, 0) is 61.4 Å². The first kappa shape index (κ1) is 24.0. The van der Waals surface area contributed by atoms with Crippen molar-refractivity contribution in [1.29, 1.82) is 0 Å². The van der Waals surface area contributed by atoms with Crippen LogP contribution in [0, 0.1) is 0 Å². The fourth-order valence-electron chi connectivity index (χ4n) is 2.94. The summed E-state index contributed by atoms with van der Waals surface area (Å²) in [5, 5.41) is 5.42. The van der Waals surface area contributed by atoms with Crippen molar-refractivity contribution in [2.45, 2.75) is 13.8 Å². The zero-order valence-corrected chi connectivity index (χ0v) is 19.5. The van der Waals surface area contributed by atoms with Gasteiger partial charge in [-0.1, -0.05) is 60.1 Å². The summed E-state index contributed by atoms with van der Waals surface area (Å²) in [6.07, 6.45) is 0. The van der Waals surface area contributed by atoms with E-state index in [1.807, 2.05) is 0 Å². The van der Waals surface area contributed by atoms with E-state index in [9.17, 15) is 18.0 Å². The third kappa shape index (κ3) is 5.79. The number of para-hydroxylation sites is 2. The normalized spacial score (nSPS) is 11.8. The maximum atomic E-state index is 13.5. The molecule has 7 nitrogen and oxygen atoms in total. The van der Waals surface area contributed by atoms with Gasteiger partial charge in [0.05, 0.1) is 4.91 Å². The molecule has 0 unspecified atom stereocenters. The van der Waals surface area contributed by atoms with Crippen molar-refractivity contribution in [3.8, 4) is 0 Å². The molecule has 9 heteroatoms. The van der Waals surface area contributed by atoms with Crippen molar-refractivity contribution in [3.63, 3.8) is 0 Å². The number of urea groups is 2. The van der Waals surface area contributed by atoms with E-state index in [2.05, 4.69) is 10.6 Å². The Morgan fingerprint density at radius 1 is 0.727 bits per heavy atom. The number of amides is 4. The Morgan fingerprint density at radius 3 is 1.58 bits per heavy atom. The van der Waals surface area contributed by atoms with Gasteiger partial charge >= 0.3 is 12.1 Å². The number of halogens is 1. The number of sulfonamides is 1. The average Bonchev–Trinajstić information content (AvgIpc) is 2.79. The highest BCUT2D eigenvalue weighted by Crippen LogP contribution is 2.26. The van der Waals surface area contributed by atoms with Gasteiger partial charge in [0.2, 0.25) is 0 Å². The molecule has 0 atom stereocenters. The third-order valence-corrected chi connectivity index (χ3v) is 7.00. The summed E-state index contributed by atoms with van der Waals surface area (Å²) in [7, 11) is -4.54. The maximum absolute atomic E-state index is 13.5. The predicted molar refractivity (Wildman–Crippen MR) is 131 cm³/mol. The zero-order chi connectivity index (χ0) is 24.0. The molecule has 0 aromatic heterocycles. The molecule has 2 N–H and O–H groups in total. The van der Waals surface area contributed by atoms with Gasteiger partial charge in [0.25, 0.3) is 10.0 Å². The van der Waals surface area contributed by atoms with Gasteiger partial charge in [-0.25, -0.2) is 18.0 Å². The number of carbonyl (C=O) groups is 2. The molecule has 0 radical (unpaired) electrons. The summed E-state index contributed by atoms with van der Waals surface area (Å²) in [6.45, 7) is 2.94. The standard InChI is InChI=1S/C24H22ClN3O4S/c1-17(19-13-15-20(25)16-14-19)18(2)33(31,32)28(23(29)26-21-9-5-3-6-10-21)24(30)27-22-11-7-4-8-12-22/h3-16H,1-2H3,(H,26,29)(H,27,30)/b18-17+. The Labute approximate surface area is 197 Å². The fourth-order valence-corrected chi connectivity index (χ4v) is 4.37. The van der Waals surface area contributed by atoms with Crippen LogP contribution in [0.4, 0.5) is 21.0 Å². The number of hydrogen-bond donors (Lipinski definition) is 2. The number of anilines is 2. The van der Waals surface area contributed by atoms with Gasteiger partial charge < -0.3 is 10.6 Å². The molecule has 3 aromatic rings. The van der Waals surface area contributed by atoms with Crippen LogP contribution in [0.3, 0.4) is 0 Å². The van der Waals surface area contributed by atoms with Crippen molar-refractivity contribution in [2.24, 2.45) is 0 Å². The smallest absolute Gasteiger partial charge is 0.307 e. The summed E-state index contributed by atoms with van der Waals surface area (Å²) in [4.78, 5) is 25.9. The molecule has 3 rings (SSSR count). The first-order valence-electron chi connectivity index (χ1n) is 9.91. The molecular formula is C24H22ClN3O4S. The first-order valence-corrected chi connectivity index (χ1v) is 11.7. The van der Waals surface area contributed by atoms with Crippen molar-refractivity contribution >= 4 is 50.6 Å². The molecule has 0 saturated heterocycles. The molecule has 0 aliphatic heterocycles. The molecule has 0 bridgehead atoms. The molecule has 0 spiro atoms. The molecule has 33 heavy (non-hydrogen) atoms. The van der Waals surface area contributed by atoms with E-state index in [1.54, 1.807) is 91.9 Å². The Balaban J connectivity index is 2.02. The summed E-state index contributed by atoms with van der Waals surface area (Å²) in [5.41, 5.74) is 1.64. The minimum absolute atomic E-state index is 0.156. The van der Waals surface area contributed by atoms with E-state index >= 15 is 0 Å². The zero-order valence-electron chi connectivity index (χ0n) is 17.9. The summed E-state index contributed by atoms with van der Waals surface area (Å²) in [6, 6.07) is 20.9. The predicted octanol–water partition coefficient (Wildman–Crippen LogP) is 6.19. The van der Waals surface area contributed by atoms with Gasteiger partial charge in [0.15, 0.2) is 0 Å². The number of carbonyl (C=O) groups excluding carboxylic acids is 2. The topological polar surface area (TPSA) is 95.6 Å². The van der Waals surface area contributed by atoms with Gasteiger partial charge in [0.1, 0.15) is 0 Å². The van der Waals surface area contributed by atoms with Crippen LogP contribution in [0.25, 0.3) is 5.57 Å². The van der Waals surface area contributed by atoms with E-state index in [-0.39, 0.29) is 9.21 Å². The Hall–Kier alpha value is -3.62. The molecule has 0 saturated carbocycles. The second kappa shape index (κ2) is 10.3. The Morgan fingerprint density at radius 2 is 1.15 bits per heavy atom. The molecule has 0 heterocycles. The minimum atomic E-state index is -4.54. The highest BCUT2D eigenvalue weighted by atomic mass is 35.5. The number of rotatable bonds is 5. The molecule has 170 valence electrons. The van der Waals surface area contributed by atoms with E-state index < -0.39 is 22.1 Å². The number of nitrogens with zero attached hydrogens (tertiary/aromatic N) is 1. The van der Waals surface area contributed by atoms with Gasteiger partial charge in [-0.15, -0.1) is 4.31 Å². The van der Waals surface area contributed by atoms with Gasteiger partial charge in [-0.3, -0.25) is 0 Å². The van der Waals surface area contributed by atoms with E-state index in [0.717, 1.165) is 0 Å². The molecule has 3 aromatic carbocycles. The van der Waals surface area contributed by atoms with Crippen LogP contribution in [0.15, 0.2) is 89.8 Å². The van der Waals surface area contributed by atoms with E-state index in [4.69, 9.17) is 11.6 Å². The largest absolute Gasteiger partial charge is 0.344 e. The molecule has 0 aliphatic rings. The monoisotopic (exact) mass is 483 g/mol. The van der Waals surface area contributed by atoms with Crippen LogP contribution in [0.1, 0.15) is 19.4 Å². The SMILES string of the molecule is C/C(=C(/C)S(=O)(=O)N(C(=O)Nc1ccccc1)C(=O)Nc1ccccc1)c1ccc(Cl)cc1. The van der Waals surface area contributed by atoms with Crippen LogP contribution >= 0.6 is 11.6 Å². The minimum Gasteiger partial charge on any atom is -0.307 e. The Bertz CT molecular complexity index is 1220. The van der Waals surface area contributed by atoms with E-state index in [0.29, 0.717) is 27.5 Å². The van der Waals surface area contributed by atoms with Gasteiger partial charge in [0, 0.05) is 16.4 Å². The van der Waals surface area contributed by atoms with Crippen molar-refractivity contribution in [2.75, 3.05) is 10.6 Å². The summed E-state index contributed by atoms with van der Waals surface area (Å²) in [5.74, 6) is 0. The van der Waals surface area contributed by atoms with Crippen molar-refractivity contribution in [1.82, 2.24) is 4.31 Å². The van der Waals surface area contributed by atoms with Crippen molar-refractivity contribution < 1.29 is 18.0 Å². The van der Waals surface area contributed by atoms with Crippen LogP contribution in [0.5, 0.6) is 0 Å². The number of allylic oxidation sites excluding steroid dienone is 2. The summed E-state index contributed by atoms with van der Waals surface area (Å²) >= 11 is 5.93. The average molecular weight is 484 g/mol. The Kier molecular flexibility index (Phi) is 7.52. The maximum Gasteiger partial charge on any atom is 0.344 e. The fraction of sp³-hybridized carbons (Fsp3) is 0.0833. The summed E-state index contributed by atoms with van der Waals surface area (Å²) < 4.78 is 27.2. The number of benzene rings is 3. The lowest BCUT2D eigenvalue weighted by Gasteiger charge is -2.23. The quantitative estimate of drug-likeness (QED) is 0.452.